The van der Waals surface area contributed by atoms with Gasteiger partial charge >= 0.3 is 0 Å². The smallest absolute Gasteiger partial charge is 0.119 e. The van der Waals surface area contributed by atoms with Gasteiger partial charge in [0.15, 0.2) is 0 Å². The molecule has 98 valence electrons. The molecule has 0 aromatic heterocycles. The molecule has 1 aliphatic heterocycles. The van der Waals surface area contributed by atoms with Gasteiger partial charge in [0.2, 0.25) is 0 Å². The van der Waals surface area contributed by atoms with Crippen molar-refractivity contribution in [2.45, 2.75) is 26.1 Å². The number of hydrogen-bond donors (Lipinski definition) is 0. The first-order valence-corrected chi connectivity index (χ1v) is 6.59. The average molecular weight is 265 g/mol. The zero-order valence-corrected chi connectivity index (χ0v) is 11.9. The predicted molar refractivity (Wildman–Crippen MR) is 76.3 cm³/mol. The van der Waals surface area contributed by atoms with Crippen LogP contribution < -0.4 is 4.74 Å². The third kappa shape index (κ3) is 3.00. The van der Waals surface area contributed by atoms with Crippen molar-refractivity contribution in [3.8, 4) is 5.75 Å². The Hall–Kier alpha value is -1.13. The summed E-state index contributed by atoms with van der Waals surface area (Å²) in [6, 6.07) is 7.90. The molecule has 0 unspecified atom stereocenters. The van der Waals surface area contributed by atoms with Gasteiger partial charge in [-0.3, -0.25) is 0 Å². The number of rotatable bonds is 2. The number of morpholine rings is 1. The number of nitrogens with zero attached hydrogens (tertiary/aromatic N) is 1. The maximum Gasteiger partial charge on any atom is 0.119 e. The van der Waals surface area contributed by atoms with Crippen molar-refractivity contribution in [1.29, 1.82) is 0 Å². The highest BCUT2D eigenvalue weighted by atomic mass is 32.1. The van der Waals surface area contributed by atoms with Crippen molar-refractivity contribution >= 4 is 17.2 Å². The number of methoxy groups -OCH3 is 1. The van der Waals surface area contributed by atoms with Crippen molar-refractivity contribution in [2.24, 2.45) is 0 Å². The molecule has 1 heterocycles. The van der Waals surface area contributed by atoms with Gasteiger partial charge in [-0.15, -0.1) is 0 Å². The van der Waals surface area contributed by atoms with Gasteiger partial charge in [0.1, 0.15) is 10.7 Å². The molecule has 2 atom stereocenters. The Morgan fingerprint density at radius 1 is 1.33 bits per heavy atom. The highest BCUT2D eigenvalue weighted by Gasteiger charge is 2.24. The number of thiocarbonyl (C=S) groups is 1. The molecule has 2 rings (SSSR count). The molecule has 3 nitrogen and oxygen atoms in total. The van der Waals surface area contributed by atoms with E-state index in [1.54, 1.807) is 7.11 Å². The summed E-state index contributed by atoms with van der Waals surface area (Å²) in [6.07, 6.45) is 0.439. The minimum absolute atomic E-state index is 0.220. The fraction of sp³-hybridized carbons (Fsp3) is 0.500. The van der Waals surface area contributed by atoms with Gasteiger partial charge in [-0.25, -0.2) is 0 Å². The second kappa shape index (κ2) is 5.67. The standard InChI is InChI=1S/C14H19NO2S/c1-10-8-15(9-11(2)17-10)14(18)12-5-4-6-13(7-12)16-3/h4-7,10-11H,8-9H2,1-3H3/t10-,11-/m1/s1. The van der Waals surface area contributed by atoms with Gasteiger partial charge < -0.3 is 14.4 Å². The first kappa shape index (κ1) is 13.3. The van der Waals surface area contributed by atoms with E-state index >= 15 is 0 Å². The van der Waals surface area contributed by atoms with Crippen LogP contribution in [0, 0.1) is 0 Å². The zero-order chi connectivity index (χ0) is 13.1. The molecule has 1 aliphatic rings. The van der Waals surface area contributed by atoms with Gasteiger partial charge in [0, 0.05) is 18.7 Å². The predicted octanol–water partition coefficient (Wildman–Crippen LogP) is 2.48. The van der Waals surface area contributed by atoms with Crippen LogP contribution in [0.1, 0.15) is 19.4 Å². The van der Waals surface area contributed by atoms with E-state index in [4.69, 9.17) is 21.7 Å². The molecular formula is C14H19NO2S. The Morgan fingerprint density at radius 3 is 2.61 bits per heavy atom. The Bertz CT molecular complexity index is 426. The summed E-state index contributed by atoms with van der Waals surface area (Å²) in [4.78, 5) is 3.08. The van der Waals surface area contributed by atoms with E-state index in [9.17, 15) is 0 Å². The van der Waals surface area contributed by atoms with Crippen LogP contribution in [-0.4, -0.2) is 42.3 Å². The summed E-state index contributed by atoms with van der Waals surface area (Å²) < 4.78 is 11.0. The van der Waals surface area contributed by atoms with E-state index < -0.39 is 0 Å². The largest absolute Gasteiger partial charge is 0.497 e. The minimum atomic E-state index is 0.220. The van der Waals surface area contributed by atoms with E-state index in [2.05, 4.69) is 18.7 Å². The topological polar surface area (TPSA) is 21.7 Å². The maximum absolute atomic E-state index is 5.72. The van der Waals surface area contributed by atoms with Gasteiger partial charge in [0.25, 0.3) is 0 Å². The zero-order valence-electron chi connectivity index (χ0n) is 11.1. The summed E-state index contributed by atoms with van der Waals surface area (Å²) in [6.45, 7) is 5.86. The van der Waals surface area contributed by atoms with Crippen molar-refractivity contribution in [1.82, 2.24) is 4.90 Å². The van der Waals surface area contributed by atoms with Crippen LogP contribution in [0.25, 0.3) is 0 Å². The first-order chi connectivity index (χ1) is 8.60. The second-order valence-corrected chi connectivity index (χ2v) is 5.09. The summed E-state index contributed by atoms with van der Waals surface area (Å²) in [5.74, 6) is 0.837. The first-order valence-electron chi connectivity index (χ1n) is 6.19. The minimum Gasteiger partial charge on any atom is -0.497 e. The Morgan fingerprint density at radius 2 is 2.00 bits per heavy atom. The SMILES string of the molecule is COc1cccc(C(=S)N2C[C@@H](C)O[C@H](C)C2)c1. The number of benzene rings is 1. The molecule has 0 bridgehead atoms. The lowest BCUT2D eigenvalue weighted by molar-refractivity contribution is -0.0472. The summed E-state index contributed by atoms with van der Waals surface area (Å²) in [5.41, 5.74) is 1.03. The van der Waals surface area contributed by atoms with Crippen LogP contribution >= 0.6 is 12.2 Å². The maximum atomic E-state index is 5.72. The lowest BCUT2D eigenvalue weighted by Crippen LogP contribution is -2.47. The highest BCUT2D eigenvalue weighted by Crippen LogP contribution is 2.18. The Balaban J connectivity index is 2.14. The molecule has 0 amide bonds. The lowest BCUT2D eigenvalue weighted by Gasteiger charge is -2.37. The summed E-state index contributed by atoms with van der Waals surface area (Å²) >= 11 is 5.57. The van der Waals surface area contributed by atoms with E-state index in [1.807, 2.05) is 24.3 Å². The molecule has 0 aliphatic carbocycles. The van der Waals surface area contributed by atoms with Crippen LogP contribution in [0.2, 0.25) is 0 Å². The normalized spacial score (nSPS) is 23.8. The van der Waals surface area contributed by atoms with E-state index in [-0.39, 0.29) is 12.2 Å². The second-order valence-electron chi connectivity index (χ2n) is 4.70. The quantitative estimate of drug-likeness (QED) is 0.766. The molecule has 0 radical (unpaired) electrons. The fourth-order valence-electron chi connectivity index (χ4n) is 2.28. The molecule has 1 fully saturated rings. The van der Waals surface area contributed by atoms with Crippen LogP contribution in [0.15, 0.2) is 24.3 Å². The molecule has 0 N–H and O–H groups in total. The van der Waals surface area contributed by atoms with Crippen LogP contribution in [-0.2, 0) is 4.74 Å². The van der Waals surface area contributed by atoms with Crippen molar-refractivity contribution in [3.05, 3.63) is 29.8 Å². The fourth-order valence-corrected chi connectivity index (χ4v) is 2.56. The number of hydrogen-bond acceptors (Lipinski definition) is 3. The third-order valence-corrected chi connectivity index (χ3v) is 3.52. The average Bonchev–Trinajstić information content (AvgIpc) is 2.37. The molecule has 1 saturated heterocycles. The van der Waals surface area contributed by atoms with Gasteiger partial charge in [-0.1, -0.05) is 24.4 Å². The van der Waals surface area contributed by atoms with Gasteiger partial charge in [-0.05, 0) is 26.0 Å². The third-order valence-electron chi connectivity index (χ3n) is 3.02. The molecule has 1 aromatic rings. The highest BCUT2D eigenvalue weighted by molar-refractivity contribution is 7.80. The molecule has 18 heavy (non-hydrogen) atoms. The number of ether oxygens (including phenoxy) is 2. The molecular weight excluding hydrogens is 246 g/mol. The van der Waals surface area contributed by atoms with Crippen molar-refractivity contribution < 1.29 is 9.47 Å². The van der Waals surface area contributed by atoms with Crippen LogP contribution in [0.3, 0.4) is 0 Å². The Kier molecular flexibility index (Phi) is 4.19. The summed E-state index contributed by atoms with van der Waals surface area (Å²) in [5, 5.41) is 0. The van der Waals surface area contributed by atoms with E-state index in [1.165, 1.54) is 0 Å². The van der Waals surface area contributed by atoms with Gasteiger partial charge in [-0.2, -0.15) is 0 Å². The van der Waals surface area contributed by atoms with Crippen LogP contribution in [0.4, 0.5) is 0 Å². The van der Waals surface area contributed by atoms with E-state index in [0.717, 1.165) is 29.4 Å². The Labute approximate surface area is 114 Å². The van der Waals surface area contributed by atoms with E-state index in [0.29, 0.717) is 0 Å². The summed E-state index contributed by atoms with van der Waals surface area (Å²) in [7, 11) is 1.67. The lowest BCUT2D eigenvalue weighted by atomic mass is 10.1. The van der Waals surface area contributed by atoms with Gasteiger partial charge in [0.05, 0.1) is 19.3 Å². The van der Waals surface area contributed by atoms with Crippen LogP contribution in [0.5, 0.6) is 5.75 Å². The monoisotopic (exact) mass is 265 g/mol. The van der Waals surface area contributed by atoms with Crippen molar-refractivity contribution in [2.75, 3.05) is 20.2 Å². The molecule has 1 aromatic carbocycles. The molecule has 4 heteroatoms. The molecule has 0 spiro atoms. The molecule has 0 saturated carbocycles. The van der Waals surface area contributed by atoms with Crippen molar-refractivity contribution in [3.63, 3.8) is 0 Å².